The van der Waals surface area contributed by atoms with Crippen LogP contribution >= 0.6 is 23.2 Å². The summed E-state index contributed by atoms with van der Waals surface area (Å²) in [5.74, 6) is 0. The van der Waals surface area contributed by atoms with Crippen molar-refractivity contribution in [2.24, 2.45) is 7.05 Å². The number of aromatic nitrogens is 3. The summed E-state index contributed by atoms with van der Waals surface area (Å²) < 4.78 is 39.9. The monoisotopic (exact) mass is 409 g/mol. The van der Waals surface area contributed by atoms with Gasteiger partial charge in [-0.2, -0.15) is 18.3 Å². The molecule has 0 bridgehead atoms. The van der Waals surface area contributed by atoms with Crippen LogP contribution < -0.4 is 0 Å². The van der Waals surface area contributed by atoms with Crippen molar-refractivity contribution in [1.29, 1.82) is 0 Å². The number of nitrogens with zero attached hydrogens (tertiary/aromatic N) is 2. The third-order valence-corrected chi connectivity index (χ3v) is 5.15. The summed E-state index contributed by atoms with van der Waals surface area (Å²) >= 11 is 12.4. The summed E-state index contributed by atoms with van der Waals surface area (Å²) in [7, 11) is 1.49. The van der Waals surface area contributed by atoms with Crippen molar-refractivity contribution in [2.45, 2.75) is 6.18 Å². The lowest BCUT2D eigenvalue weighted by Gasteiger charge is -2.02. The first-order valence-corrected chi connectivity index (χ1v) is 8.68. The number of rotatable bonds is 2. The molecule has 0 fully saturated rings. The van der Waals surface area contributed by atoms with E-state index in [1.807, 2.05) is 24.3 Å². The third kappa shape index (κ3) is 3.19. The Hall–Kier alpha value is -2.44. The van der Waals surface area contributed by atoms with E-state index >= 15 is 0 Å². The maximum Gasteiger partial charge on any atom is 0.435 e. The van der Waals surface area contributed by atoms with Gasteiger partial charge in [-0.05, 0) is 30.3 Å². The number of aromatic amines is 1. The number of fused-ring (bicyclic) bond motifs is 1. The van der Waals surface area contributed by atoms with Crippen LogP contribution in [0, 0.1) is 0 Å². The predicted molar refractivity (Wildman–Crippen MR) is 101 cm³/mol. The Kier molecular flexibility index (Phi) is 4.20. The van der Waals surface area contributed by atoms with Gasteiger partial charge in [0.05, 0.1) is 15.7 Å². The lowest BCUT2D eigenvalue weighted by molar-refractivity contribution is -0.141. The van der Waals surface area contributed by atoms with Crippen LogP contribution in [0.3, 0.4) is 0 Å². The first-order valence-electron chi connectivity index (χ1n) is 7.93. The average molecular weight is 410 g/mol. The van der Waals surface area contributed by atoms with Crippen molar-refractivity contribution in [3.8, 4) is 22.5 Å². The van der Waals surface area contributed by atoms with Crippen LogP contribution in [0.5, 0.6) is 0 Å². The van der Waals surface area contributed by atoms with Gasteiger partial charge in [-0.1, -0.05) is 41.4 Å². The molecule has 2 aromatic heterocycles. The maximum atomic E-state index is 12.9. The Bertz CT molecular complexity index is 1160. The second kappa shape index (κ2) is 6.32. The SMILES string of the molecule is Cn1nc(C(F)(F)F)cc1-c1ccc2[nH]c(-c3cccc(Cl)c3Cl)cc2c1. The summed E-state index contributed by atoms with van der Waals surface area (Å²) in [4.78, 5) is 3.26. The lowest BCUT2D eigenvalue weighted by Crippen LogP contribution is -2.06. The molecule has 27 heavy (non-hydrogen) atoms. The van der Waals surface area contributed by atoms with E-state index in [9.17, 15) is 13.2 Å². The molecule has 8 heteroatoms. The number of hydrogen-bond acceptors (Lipinski definition) is 1. The normalized spacial score (nSPS) is 12.1. The second-order valence-electron chi connectivity index (χ2n) is 6.12. The van der Waals surface area contributed by atoms with Gasteiger partial charge in [0.2, 0.25) is 0 Å². The highest BCUT2D eigenvalue weighted by molar-refractivity contribution is 6.43. The fraction of sp³-hybridized carbons (Fsp3) is 0.105. The molecule has 4 aromatic rings. The molecule has 0 saturated heterocycles. The summed E-state index contributed by atoms with van der Waals surface area (Å²) in [5.41, 5.74) is 2.46. The molecule has 0 radical (unpaired) electrons. The Labute approximate surface area is 162 Å². The van der Waals surface area contributed by atoms with Crippen LogP contribution in [0.4, 0.5) is 13.2 Å². The number of alkyl halides is 3. The fourth-order valence-electron chi connectivity index (χ4n) is 3.02. The Morgan fingerprint density at radius 2 is 1.81 bits per heavy atom. The fourth-order valence-corrected chi connectivity index (χ4v) is 3.43. The second-order valence-corrected chi connectivity index (χ2v) is 6.91. The molecule has 4 rings (SSSR count). The topological polar surface area (TPSA) is 33.6 Å². The molecule has 0 aliphatic heterocycles. The number of hydrogen-bond donors (Lipinski definition) is 1. The van der Waals surface area contributed by atoms with Gasteiger partial charge in [-0.15, -0.1) is 0 Å². The number of benzene rings is 2. The first-order chi connectivity index (χ1) is 12.7. The van der Waals surface area contributed by atoms with Crippen molar-refractivity contribution >= 4 is 34.1 Å². The maximum absolute atomic E-state index is 12.9. The van der Waals surface area contributed by atoms with Gasteiger partial charge in [-0.3, -0.25) is 4.68 Å². The zero-order valence-electron chi connectivity index (χ0n) is 13.9. The number of nitrogens with one attached hydrogen (secondary N) is 1. The van der Waals surface area contributed by atoms with E-state index in [1.165, 1.54) is 11.7 Å². The van der Waals surface area contributed by atoms with Crippen LogP contribution in [0.1, 0.15) is 5.69 Å². The van der Waals surface area contributed by atoms with E-state index in [4.69, 9.17) is 23.2 Å². The molecule has 0 aliphatic carbocycles. The van der Waals surface area contributed by atoms with Crippen molar-refractivity contribution in [3.05, 3.63) is 64.3 Å². The highest BCUT2D eigenvalue weighted by Gasteiger charge is 2.34. The van der Waals surface area contributed by atoms with Gasteiger partial charge in [0.25, 0.3) is 0 Å². The molecular weight excluding hydrogens is 398 g/mol. The van der Waals surface area contributed by atoms with Gasteiger partial charge >= 0.3 is 6.18 Å². The molecule has 3 nitrogen and oxygen atoms in total. The van der Waals surface area contributed by atoms with E-state index in [2.05, 4.69) is 10.1 Å². The van der Waals surface area contributed by atoms with Crippen LogP contribution in [0.25, 0.3) is 33.4 Å². The van der Waals surface area contributed by atoms with Gasteiger partial charge in [0.15, 0.2) is 5.69 Å². The highest BCUT2D eigenvalue weighted by atomic mass is 35.5. The van der Waals surface area contributed by atoms with E-state index in [0.29, 0.717) is 21.3 Å². The first kappa shape index (κ1) is 17.9. The molecule has 0 amide bonds. The molecule has 2 heterocycles. The van der Waals surface area contributed by atoms with Crippen molar-refractivity contribution in [2.75, 3.05) is 0 Å². The van der Waals surface area contributed by atoms with Crippen molar-refractivity contribution in [1.82, 2.24) is 14.8 Å². The summed E-state index contributed by atoms with van der Waals surface area (Å²) in [6, 6.07) is 13.7. The molecule has 0 aliphatic rings. The Balaban J connectivity index is 1.80. The van der Waals surface area contributed by atoms with E-state index in [0.717, 1.165) is 28.2 Å². The quantitative estimate of drug-likeness (QED) is 0.399. The zero-order valence-corrected chi connectivity index (χ0v) is 15.4. The van der Waals surface area contributed by atoms with Gasteiger partial charge in [-0.25, -0.2) is 0 Å². The van der Waals surface area contributed by atoms with Crippen LogP contribution in [0.15, 0.2) is 48.5 Å². The van der Waals surface area contributed by atoms with Crippen molar-refractivity contribution < 1.29 is 13.2 Å². The minimum absolute atomic E-state index is 0.382. The molecule has 0 unspecified atom stereocenters. The zero-order chi connectivity index (χ0) is 19.3. The van der Waals surface area contributed by atoms with Gasteiger partial charge < -0.3 is 4.98 Å². The van der Waals surface area contributed by atoms with E-state index < -0.39 is 11.9 Å². The highest BCUT2D eigenvalue weighted by Crippen LogP contribution is 2.36. The predicted octanol–water partition coefficient (Wildman–Crippen LogP) is 6.56. The summed E-state index contributed by atoms with van der Waals surface area (Å²) in [5, 5.41) is 5.29. The summed E-state index contributed by atoms with van der Waals surface area (Å²) in [6.07, 6.45) is -4.48. The average Bonchev–Trinajstić information content (AvgIpc) is 3.19. The molecule has 138 valence electrons. The largest absolute Gasteiger partial charge is 0.435 e. The van der Waals surface area contributed by atoms with Crippen LogP contribution in [-0.2, 0) is 13.2 Å². The Morgan fingerprint density at radius 1 is 1.04 bits per heavy atom. The minimum Gasteiger partial charge on any atom is -0.354 e. The standard InChI is InChI=1S/C19H12Cl2F3N3/c1-27-16(9-17(26-27)19(22,23)24)10-5-6-14-11(7-10)8-15(25-14)12-3-2-4-13(20)18(12)21/h2-9,25H,1H3. The number of H-pyrrole nitrogens is 1. The molecule has 0 atom stereocenters. The smallest absolute Gasteiger partial charge is 0.354 e. The van der Waals surface area contributed by atoms with Crippen molar-refractivity contribution in [3.63, 3.8) is 0 Å². The lowest BCUT2D eigenvalue weighted by atomic mass is 10.1. The molecule has 1 N–H and O–H groups in total. The number of halogens is 5. The van der Waals surface area contributed by atoms with Gasteiger partial charge in [0.1, 0.15) is 0 Å². The molecule has 0 saturated carbocycles. The molecule has 2 aromatic carbocycles. The Morgan fingerprint density at radius 3 is 2.52 bits per heavy atom. The molecule has 0 spiro atoms. The minimum atomic E-state index is -4.48. The van der Waals surface area contributed by atoms with E-state index in [1.54, 1.807) is 18.2 Å². The van der Waals surface area contributed by atoms with Crippen LogP contribution in [0.2, 0.25) is 10.0 Å². The van der Waals surface area contributed by atoms with Crippen LogP contribution in [-0.4, -0.2) is 14.8 Å². The molecular formula is C19H12Cl2F3N3. The van der Waals surface area contributed by atoms with E-state index in [-0.39, 0.29) is 0 Å². The number of aryl methyl sites for hydroxylation is 1. The third-order valence-electron chi connectivity index (χ3n) is 4.33. The van der Waals surface area contributed by atoms with Gasteiger partial charge in [0, 0.05) is 34.8 Å². The summed E-state index contributed by atoms with van der Waals surface area (Å²) in [6.45, 7) is 0.